The molecule has 1 aromatic rings. The van der Waals surface area contributed by atoms with Crippen LogP contribution in [0.4, 0.5) is 5.82 Å². The largest absolute Gasteiger partial charge is 0.330 e. The standard InChI is InChI=1S/C10H14Br2N4O/c1-5(2)6(3-13)10(17)16-9-8(12)15-7(11)4-14-9/h4-6H,3,13H2,1-2H3,(H,14,16,17). The van der Waals surface area contributed by atoms with E-state index in [1.165, 1.54) is 6.20 Å². The van der Waals surface area contributed by atoms with Gasteiger partial charge < -0.3 is 11.1 Å². The molecular weight excluding hydrogens is 352 g/mol. The summed E-state index contributed by atoms with van der Waals surface area (Å²) in [5.74, 6) is 0.214. The fourth-order valence-corrected chi connectivity index (χ4v) is 2.23. The molecule has 1 heterocycles. The summed E-state index contributed by atoms with van der Waals surface area (Å²) in [6.07, 6.45) is 1.52. The maximum absolute atomic E-state index is 11.9. The molecule has 0 aromatic carbocycles. The van der Waals surface area contributed by atoms with E-state index < -0.39 is 0 Å². The van der Waals surface area contributed by atoms with Crippen LogP contribution < -0.4 is 11.1 Å². The summed E-state index contributed by atoms with van der Waals surface area (Å²) in [5.41, 5.74) is 5.57. The van der Waals surface area contributed by atoms with Gasteiger partial charge in [-0.15, -0.1) is 0 Å². The van der Waals surface area contributed by atoms with Crippen molar-refractivity contribution in [2.45, 2.75) is 13.8 Å². The number of nitrogens with one attached hydrogen (secondary N) is 1. The van der Waals surface area contributed by atoms with E-state index in [1.807, 2.05) is 13.8 Å². The zero-order chi connectivity index (χ0) is 13.0. The highest BCUT2D eigenvalue weighted by molar-refractivity contribution is 9.11. The minimum atomic E-state index is -0.229. The zero-order valence-corrected chi connectivity index (χ0v) is 12.7. The summed E-state index contributed by atoms with van der Waals surface area (Å²) in [7, 11) is 0. The van der Waals surface area contributed by atoms with Gasteiger partial charge in [-0.05, 0) is 37.8 Å². The number of carbonyl (C=O) groups excluding carboxylic acids is 1. The SMILES string of the molecule is CC(C)C(CN)C(=O)Nc1ncc(Br)nc1Br. The molecule has 1 aromatic heterocycles. The normalized spacial score (nSPS) is 12.6. The lowest BCUT2D eigenvalue weighted by Gasteiger charge is -2.18. The number of hydrogen-bond acceptors (Lipinski definition) is 4. The van der Waals surface area contributed by atoms with Gasteiger partial charge in [0.15, 0.2) is 5.82 Å². The predicted octanol–water partition coefficient (Wildman–Crippen LogP) is 2.17. The van der Waals surface area contributed by atoms with Crippen LogP contribution >= 0.6 is 31.9 Å². The van der Waals surface area contributed by atoms with E-state index in [1.54, 1.807) is 0 Å². The number of nitrogens with two attached hydrogens (primary N) is 1. The second-order valence-corrected chi connectivity index (χ2v) is 5.47. The Balaban J connectivity index is 2.80. The van der Waals surface area contributed by atoms with Crippen LogP contribution in [0.5, 0.6) is 0 Å². The summed E-state index contributed by atoms with van der Waals surface area (Å²) in [5, 5.41) is 2.71. The average Bonchev–Trinajstić information content (AvgIpc) is 2.22. The molecule has 17 heavy (non-hydrogen) atoms. The third-order valence-electron chi connectivity index (χ3n) is 2.34. The molecule has 94 valence electrons. The smallest absolute Gasteiger partial charge is 0.230 e. The van der Waals surface area contributed by atoms with Crippen LogP contribution in [0.2, 0.25) is 0 Å². The molecule has 1 unspecified atom stereocenters. The van der Waals surface area contributed by atoms with Crippen molar-refractivity contribution in [3.05, 3.63) is 15.4 Å². The number of anilines is 1. The van der Waals surface area contributed by atoms with Gasteiger partial charge in [0.1, 0.15) is 9.21 Å². The van der Waals surface area contributed by atoms with E-state index in [9.17, 15) is 4.79 Å². The molecule has 0 bridgehead atoms. The van der Waals surface area contributed by atoms with Crippen LogP contribution in [0.3, 0.4) is 0 Å². The molecule has 0 saturated carbocycles. The van der Waals surface area contributed by atoms with Crippen LogP contribution in [-0.4, -0.2) is 22.4 Å². The van der Waals surface area contributed by atoms with Crippen molar-refractivity contribution in [1.82, 2.24) is 9.97 Å². The first-order chi connectivity index (χ1) is 7.95. The number of amides is 1. The highest BCUT2D eigenvalue weighted by atomic mass is 79.9. The lowest BCUT2D eigenvalue weighted by molar-refractivity contribution is -0.120. The molecular formula is C10H14Br2N4O. The van der Waals surface area contributed by atoms with Gasteiger partial charge in [0.05, 0.1) is 12.1 Å². The van der Waals surface area contributed by atoms with E-state index in [4.69, 9.17) is 5.73 Å². The Morgan fingerprint density at radius 2 is 2.18 bits per heavy atom. The van der Waals surface area contributed by atoms with Crippen LogP contribution in [-0.2, 0) is 4.79 Å². The molecule has 1 rings (SSSR count). The van der Waals surface area contributed by atoms with Crippen LogP contribution in [0.15, 0.2) is 15.4 Å². The van der Waals surface area contributed by atoms with Crippen LogP contribution in [0.25, 0.3) is 0 Å². The quantitative estimate of drug-likeness (QED) is 0.856. The van der Waals surface area contributed by atoms with Gasteiger partial charge in [-0.1, -0.05) is 13.8 Å². The fraction of sp³-hybridized carbons (Fsp3) is 0.500. The zero-order valence-electron chi connectivity index (χ0n) is 9.58. The van der Waals surface area contributed by atoms with Gasteiger partial charge in [-0.25, -0.2) is 9.97 Å². The van der Waals surface area contributed by atoms with Crippen molar-refractivity contribution in [1.29, 1.82) is 0 Å². The Morgan fingerprint density at radius 1 is 1.53 bits per heavy atom. The topological polar surface area (TPSA) is 80.9 Å². The molecule has 0 spiro atoms. The Morgan fingerprint density at radius 3 is 2.65 bits per heavy atom. The summed E-state index contributed by atoms with van der Waals surface area (Å²) >= 11 is 6.43. The van der Waals surface area contributed by atoms with Gasteiger partial charge in [0.2, 0.25) is 5.91 Å². The lowest BCUT2D eigenvalue weighted by atomic mass is 9.95. The maximum Gasteiger partial charge on any atom is 0.230 e. The number of carbonyl (C=O) groups is 1. The molecule has 0 radical (unpaired) electrons. The minimum Gasteiger partial charge on any atom is -0.330 e. The van der Waals surface area contributed by atoms with Gasteiger partial charge in [0, 0.05) is 6.54 Å². The number of halogens is 2. The Kier molecular flexibility index (Phi) is 5.48. The Labute approximate surface area is 117 Å². The van der Waals surface area contributed by atoms with Gasteiger partial charge in [0.25, 0.3) is 0 Å². The third-order valence-corrected chi connectivity index (χ3v) is 3.27. The summed E-state index contributed by atoms with van der Waals surface area (Å²) in [6.45, 7) is 4.23. The Bertz CT molecular complexity index is 411. The summed E-state index contributed by atoms with van der Waals surface area (Å²) < 4.78 is 1.08. The number of nitrogens with zero attached hydrogens (tertiary/aromatic N) is 2. The molecule has 0 aliphatic carbocycles. The molecule has 7 heteroatoms. The lowest BCUT2D eigenvalue weighted by Crippen LogP contribution is -2.33. The second-order valence-electron chi connectivity index (χ2n) is 3.91. The van der Waals surface area contributed by atoms with E-state index in [0.717, 1.165) is 0 Å². The van der Waals surface area contributed by atoms with Crippen molar-refractivity contribution in [3.8, 4) is 0 Å². The molecule has 1 amide bonds. The van der Waals surface area contributed by atoms with Crippen molar-refractivity contribution in [3.63, 3.8) is 0 Å². The van der Waals surface area contributed by atoms with Crippen molar-refractivity contribution in [2.75, 3.05) is 11.9 Å². The number of rotatable bonds is 4. The predicted molar refractivity (Wildman–Crippen MR) is 73.4 cm³/mol. The Hall–Kier alpha value is -0.530. The van der Waals surface area contributed by atoms with Crippen LogP contribution in [0.1, 0.15) is 13.8 Å². The molecule has 1 atom stereocenters. The van der Waals surface area contributed by atoms with Crippen molar-refractivity contribution in [2.24, 2.45) is 17.6 Å². The first kappa shape index (κ1) is 14.5. The molecule has 0 aliphatic heterocycles. The van der Waals surface area contributed by atoms with E-state index in [2.05, 4.69) is 47.1 Å². The molecule has 5 nitrogen and oxygen atoms in total. The van der Waals surface area contributed by atoms with E-state index in [0.29, 0.717) is 21.6 Å². The second kappa shape index (κ2) is 6.42. The highest BCUT2D eigenvalue weighted by Gasteiger charge is 2.21. The maximum atomic E-state index is 11.9. The third kappa shape index (κ3) is 4.01. The van der Waals surface area contributed by atoms with Gasteiger partial charge >= 0.3 is 0 Å². The van der Waals surface area contributed by atoms with Crippen molar-refractivity contribution < 1.29 is 4.79 Å². The fourth-order valence-electron chi connectivity index (χ4n) is 1.32. The summed E-state index contributed by atoms with van der Waals surface area (Å²) in [4.78, 5) is 20.1. The first-order valence-electron chi connectivity index (χ1n) is 5.14. The number of hydrogen-bond donors (Lipinski definition) is 2. The first-order valence-corrected chi connectivity index (χ1v) is 6.73. The van der Waals surface area contributed by atoms with Gasteiger partial charge in [-0.3, -0.25) is 4.79 Å². The molecule has 0 aliphatic rings. The van der Waals surface area contributed by atoms with E-state index >= 15 is 0 Å². The molecule has 0 saturated heterocycles. The number of aromatic nitrogens is 2. The minimum absolute atomic E-state index is 0.139. The van der Waals surface area contributed by atoms with E-state index in [-0.39, 0.29) is 17.7 Å². The molecule has 0 fully saturated rings. The van der Waals surface area contributed by atoms with Crippen LogP contribution in [0, 0.1) is 11.8 Å². The monoisotopic (exact) mass is 364 g/mol. The summed E-state index contributed by atoms with van der Waals surface area (Å²) in [6, 6.07) is 0. The van der Waals surface area contributed by atoms with Crippen molar-refractivity contribution >= 4 is 43.6 Å². The van der Waals surface area contributed by atoms with Gasteiger partial charge in [-0.2, -0.15) is 0 Å². The highest BCUT2D eigenvalue weighted by Crippen LogP contribution is 2.21. The average molecular weight is 366 g/mol. The molecule has 3 N–H and O–H groups in total.